The molecule has 1 aromatic rings. The molecule has 1 aromatic carbocycles. The van der Waals surface area contributed by atoms with Gasteiger partial charge < -0.3 is 19.7 Å². The SMILES string of the molecule is COc1cc2c(cc1C(O)CC(=O)O)OC(C)C2. The summed E-state index contributed by atoms with van der Waals surface area (Å²) in [5, 5.41) is 18.6. The molecule has 0 saturated carbocycles. The van der Waals surface area contributed by atoms with E-state index in [-0.39, 0.29) is 12.5 Å². The van der Waals surface area contributed by atoms with Crippen molar-refractivity contribution < 1.29 is 24.5 Å². The second kappa shape index (κ2) is 4.86. The van der Waals surface area contributed by atoms with Crippen LogP contribution in [0.5, 0.6) is 11.5 Å². The first kappa shape index (κ1) is 12.7. The van der Waals surface area contributed by atoms with Crippen molar-refractivity contribution in [2.75, 3.05) is 7.11 Å². The Hall–Kier alpha value is -1.75. The number of aliphatic hydroxyl groups excluding tert-OH is 1. The van der Waals surface area contributed by atoms with E-state index in [4.69, 9.17) is 14.6 Å². The van der Waals surface area contributed by atoms with Crippen LogP contribution in [0.1, 0.15) is 30.6 Å². The molecule has 0 radical (unpaired) electrons. The Morgan fingerprint density at radius 1 is 1.61 bits per heavy atom. The van der Waals surface area contributed by atoms with E-state index in [2.05, 4.69) is 0 Å². The first-order valence-electron chi connectivity index (χ1n) is 5.78. The predicted octanol–water partition coefficient (Wildman–Crippen LogP) is 1.53. The van der Waals surface area contributed by atoms with Crippen LogP contribution in [0, 0.1) is 0 Å². The third-order valence-corrected chi connectivity index (χ3v) is 2.98. The van der Waals surface area contributed by atoms with Crippen LogP contribution in [0.25, 0.3) is 0 Å². The number of rotatable bonds is 4. The molecule has 1 aliphatic rings. The van der Waals surface area contributed by atoms with Gasteiger partial charge in [0.15, 0.2) is 0 Å². The Kier molecular flexibility index (Phi) is 3.43. The Bertz CT molecular complexity index is 469. The summed E-state index contributed by atoms with van der Waals surface area (Å²) < 4.78 is 10.8. The molecule has 5 nitrogen and oxygen atoms in total. The van der Waals surface area contributed by atoms with E-state index in [1.807, 2.05) is 6.92 Å². The molecule has 0 aromatic heterocycles. The van der Waals surface area contributed by atoms with Gasteiger partial charge in [-0.05, 0) is 19.1 Å². The number of benzene rings is 1. The largest absolute Gasteiger partial charge is 0.496 e. The topological polar surface area (TPSA) is 76.0 Å². The second-order valence-electron chi connectivity index (χ2n) is 4.45. The number of carboxylic acid groups (broad SMARTS) is 1. The summed E-state index contributed by atoms with van der Waals surface area (Å²) in [5.41, 5.74) is 1.47. The van der Waals surface area contributed by atoms with Crippen LogP contribution in [-0.4, -0.2) is 29.4 Å². The van der Waals surface area contributed by atoms with Crippen molar-refractivity contribution in [2.45, 2.75) is 32.0 Å². The van der Waals surface area contributed by atoms with Crippen LogP contribution >= 0.6 is 0 Å². The lowest BCUT2D eigenvalue weighted by Crippen LogP contribution is -2.07. The monoisotopic (exact) mass is 252 g/mol. The lowest BCUT2D eigenvalue weighted by Gasteiger charge is -2.14. The standard InChI is InChI=1S/C13H16O5/c1-7-3-8-4-12(17-2)9(5-11(8)18-7)10(14)6-13(15)16/h4-5,7,10,14H,3,6H2,1-2H3,(H,15,16). The number of ether oxygens (including phenoxy) is 2. The van der Waals surface area contributed by atoms with E-state index in [9.17, 15) is 9.90 Å². The van der Waals surface area contributed by atoms with Crippen molar-refractivity contribution in [3.8, 4) is 11.5 Å². The molecule has 2 rings (SSSR count). The molecular formula is C13H16O5. The minimum atomic E-state index is -1.10. The maximum Gasteiger partial charge on any atom is 0.306 e. The highest BCUT2D eigenvalue weighted by atomic mass is 16.5. The van der Waals surface area contributed by atoms with E-state index >= 15 is 0 Å². The van der Waals surface area contributed by atoms with Gasteiger partial charge in [0, 0.05) is 17.5 Å². The fraction of sp³-hybridized carbons (Fsp3) is 0.462. The molecule has 0 bridgehead atoms. The summed E-state index contributed by atoms with van der Waals surface area (Å²) >= 11 is 0. The number of carboxylic acids is 1. The van der Waals surface area contributed by atoms with E-state index in [1.165, 1.54) is 7.11 Å². The summed E-state index contributed by atoms with van der Waals surface area (Å²) in [6.07, 6.45) is -0.565. The zero-order chi connectivity index (χ0) is 13.3. The Balaban J connectivity index is 2.35. The maximum atomic E-state index is 10.6. The van der Waals surface area contributed by atoms with Gasteiger partial charge in [-0.3, -0.25) is 4.79 Å². The van der Waals surface area contributed by atoms with Gasteiger partial charge in [0.1, 0.15) is 17.6 Å². The van der Waals surface area contributed by atoms with Crippen molar-refractivity contribution in [3.05, 3.63) is 23.3 Å². The molecule has 0 spiro atoms. The summed E-state index contributed by atoms with van der Waals surface area (Å²) in [5.74, 6) is 0.141. The molecule has 1 aliphatic heterocycles. The quantitative estimate of drug-likeness (QED) is 0.849. The van der Waals surface area contributed by atoms with Gasteiger partial charge in [0.05, 0.1) is 19.6 Å². The van der Waals surface area contributed by atoms with Crippen LogP contribution in [0.2, 0.25) is 0 Å². The molecular weight excluding hydrogens is 236 g/mol. The lowest BCUT2D eigenvalue weighted by atomic mass is 10.0. The maximum absolute atomic E-state index is 10.6. The second-order valence-corrected chi connectivity index (χ2v) is 4.45. The van der Waals surface area contributed by atoms with Crippen molar-refractivity contribution >= 4 is 5.97 Å². The van der Waals surface area contributed by atoms with Gasteiger partial charge in [-0.1, -0.05) is 0 Å². The van der Waals surface area contributed by atoms with Crippen LogP contribution in [0.15, 0.2) is 12.1 Å². The zero-order valence-corrected chi connectivity index (χ0v) is 10.3. The molecule has 2 unspecified atom stereocenters. The van der Waals surface area contributed by atoms with Crippen LogP contribution < -0.4 is 9.47 Å². The van der Waals surface area contributed by atoms with E-state index in [0.29, 0.717) is 17.1 Å². The van der Waals surface area contributed by atoms with Crippen LogP contribution in [0.3, 0.4) is 0 Å². The molecule has 2 N–H and O–H groups in total. The molecule has 18 heavy (non-hydrogen) atoms. The van der Waals surface area contributed by atoms with Gasteiger partial charge in [-0.15, -0.1) is 0 Å². The first-order valence-corrected chi connectivity index (χ1v) is 5.78. The molecule has 98 valence electrons. The highest BCUT2D eigenvalue weighted by Gasteiger charge is 2.25. The lowest BCUT2D eigenvalue weighted by molar-refractivity contribution is -0.139. The van der Waals surface area contributed by atoms with Crippen LogP contribution in [0.4, 0.5) is 0 Å². The highest BCUT2D eigenvalue weighted by molar-refractivity contribution is 5.68. The predicted molar refractivity (Wildman–Crippen MR) is 64.0 cm³/mol. The Labute approximate surface area is 105 Å². The summed E-state index contributed by atoms with van der Waals surface area (Å²) in [7, 11) is 1.50. The summed E-state index contributed by atoms with van der Waals surface area (Å²) in [6, 6.07) is 3.48. The number of fused-ring (bicyclic) bond motifs is 1. The molecule has 5 heteroatoms. The Morgan fingerprint density at radius 3 is 2.94 bits per heavy atom. The zero-order valence-electron chi connectivity index (χ0n) is 10.3. The van der Waals surface area contributed by atoms with Crippen molar-refractivity contribution in [2.24, 2.45) is 0 Å². The van der Waals surface area contributed by atoms with Crippen molar-refractivity contribution in [3.63, 3.8) is 0 Å². The van der Waals surface area contributed by atoms with Gasteiger partial charge in [-0.25, -0.2) is 0 Å². The number of hydrogen-bond donors (Lipinski definition) is 2. The summed E-state index contributed by atoms with van der Waals surface area (Å²) in [4.78, 5) is 10.6. The van der Waals surface area contributed by atoms with Crippen LogP contribution in [-0.2, 0) is 11.2 Å². The summed E-state index contributed by atoms with van der Waals surface area (Å²) in [6.45, 7) is 1.96. The minimum Gasteiger partial charge on any atom is -0.496 e. The number of aliphatic hydroxyl groups is 1. The molecule has 0 saturated heterocycles. The molecule has 0 aliphatic carbocycles. The third kappa shape index (κ3) is 2.41. The Morgan fingerprint density at radius 2 is 2.33 bits per heavy atom. The van der Waals surface area contributed by atoms with Crippen molar-refractivity contribution in [1.82, 2.24) is 0 Å². The smallest absolute Gasteiger partial charge is 0.306 e. The van der Waals surface area contributed by atoms with E-state index in [0.717, 1.165) is 12.0 Å². The number of methoxy groups -OCH3 is 1. The normalized spacial score (nSPS) is 18.9. The van der Waals surface area contributed by atoms with Crippen molar-refractivity contribution in [1.29, 1.82) is 0 Å². The molecule has 1 heterocycles. The number of hydrogen-bond acceptors (Lipinski definition) is 4. The van der Waals surface area contributed by atoms with E-state index < -0.39 is 12.1 Å². The minimum absolute atomic E-state index is 0.0940. The van der Waals surface area contributed by atoms with E-state index in [1.54, 1.807) is 12.1 Å². The third-order valence-electron chi connectivity index (χ3n) is 2.98. The number of aliphatic carboxylic acids is 1. The van der Waals surface area contributed by atoms with Gasteiger partial charge >= 0.3 is 5.97 Å². The molecule has 0 fully saturated rings. The first-order chi connectivity index (χ1) is 8.51. The molecule has 2 atom stereocenters. The van der Waals surface area contributed by atoms with Gasteiger partial charge in [0.25, 0.3) is 0 Å². The average molecular weight is 252 g/mol. The fourth-order valence-electron chi connectivity index (χ4n) is 2.17. The van der Waals surface area contributed by atoms with Gasteiger partial charge in [-0.2, -0.15) is 0 Å². The fourth-order valence-corrected chi connectivity index (χ4v) is 2.17. The molecule has 0 amide bonds. The number of carbonyl (C=O) groups is 1. The highest BCUT2D eigenvalue weighted by Crippen LogP contribution is 2.38. The average Bonchev–Trinajstić information content (AvgIpc) is 2.65. The van der Waals surface area contributed by atoms with Gasteiger partial charge in [0.2, 0.25) is 0 Å².